The molecule has 0 radical (unpaired) electrons. The predicted octanol–water partition coefficient (Wildman–Crippen LogP) is 5.91. The molecular formula is C30H41N3O2. The van der Waals surface area contributed by atoms with Gasteiger partial charge in [0.05, 0.1) is 0 Å². The third kappa shape index (κ3) is 7.74. The molecule has 4 rings (SSSR count). The van der Waals surface area contributed by atoms with Crippen molar-refractivity contribution in [1.82, 2.24) is 15.6 Å². The number of hydrogen-bond acceptors (Lipinski definition) is 5. The quantitative estimate of drug-likeness (QED) is 0.442. The van der Waals surface area contributed by atoms with Crippen LogP contribution in [0.15, 0.2) is 54.2 Å². The van der Waals surface area contributed by atoms with Crippen molar-refractivity contribution in [2.75, 3.05) is 0 Å². The highest BCUT2D eigenvalue weighted by Gasteiger charge is 2.40. The molecule has 5 heteroatoms. The molecule has 0 bridgehead atoms. The highest BCUT2D eigenvalue weighted by Crippen LogP contribution is 2.40. The van der Waals surface area contributed by atoms with Crippen LogP contribution in [0, 0.1) is 5.92 Å². The Balaban J connectivity index is 1.17. The second-order valence-corrected chi connectivity index (χ2v) is 11.1. The van der Waals surface area contributed by atoms with E-state index in [2.05, 4.69) is 58.9 Å². The Morgan fingerprint density at radius 2 is 1.77 bits per heavy atom. The van der Waals surface area contributed by atoms with Crippen LogP contribution in [0.5, 0.6) is 0 Å². The van der Waals surface area contributed by atoms with Gasteiger partial charge in [0.2, 0.25) is 0 Å². The van der Waals surface area contributed by atoms with Gasteiger partial charge >= 0.3 is 5.97 Å². The first-order valence-electron chi connectivity index (χ1n) is 13.2. The fourth-order valence-electron chi connectivity index (χ4n) is 5.03. The Bertz CT molecular complexity index is 987. The van der Waals surface area contributed by atoms with E-state index in [1.807, 2.05) is 26.8 Å². The van der Waals surface area contributed by atoms with Crippen LogP contribution in [-0.4, -0.2) is 34.7 Å². The lowest BCUT2D eigenvalue weighted by Crippen LogP contribution is -2.40. The zero-order valence-corrected chi connectivity index (χ0v) is 21.7. The molecule has 188 valence electrons. The van der Waals surface area contributed by atoms with Gasteiger partial charge in [-0.25, -0.2) is 9.78 Å². The summed E-state index contributed by atoms with van der Waals surface area (Å²) in [7, 11) is 0. The summed E-state index contributed by atoms with van der Waals surface area (Å²) in [4.78, 5) is 16.4. The number of nitrogens with one attached hydrogen (secondary N) is 2. The summed E-state index contributed by atoms with van der Waals surface area (Å²) in [5.41, 5.74) is 3.84. The number of benzene rings is 1. The van der Waals surface area contributed by atoms with Crippen LogP contribution in [0.1, 0.15) is 87.8 Å². The summed E-state index contributed by atoms with van der Waals surface area (Å²) in [6, 6.07) is 16.2. The van der Waals surface area contributed by atoms with Crippen LogP contribution < -0.4 is 10.6 Å². The van der Waals surface area contributed by atoms with Gasteiger partial charge in [-0.05, 0) is 82.4 Å². The molecule has 2 fully saturated rings. The maximum atomic E-state index is 12.1. The first-order valence-corrected chi connectivity index (χ1v) is 13.2. The van der Waals surface area contributed by atoms with Gasteiger partial charge in [-0.2, -0.15) is 0 Å². The van der Waals surface area contributed by atoms with Gasteiger partial charge in [0.1, 0.15) is 11.3 Å². The van der Waals surface area contributed by atoms with Crippen molar-refractivity contribution in [3.05, 3.63) is 71.1 Å². The molecule has 1 aromatic heterocycles. The number of hydrogen-bond donors (Lipinski definition) is 2. The number of aromatic nitrogens is 1. The molecule has 2 aliphatic carbocycles. The molecule has 2 aromatic rings. The zero-order valence-electron chi connectivity index (χ0n) is 21.7. The lowest BCUT2D eigenvalue weighted by atomic mass is 9.91. The fraction of sp³-hybridized carbons (Fsp3) is 0.533. The minimum atomic E-state index is -0.510. The number of pyridine rings is 1. The van der Waals surface area contributed by atoms with Crippen molar-refractivity contribution in [3.63, 3.8) is 0 Å². The summed E-state index contributed by atoms with van der Waals surface area (Å²) in [6.07, 6.45) is 11.4. The number of nitrogens with zero attached hydrogens (tertiary/aromatic N) is 1. The van der Waals surface area contributed by atoms with Crippen LogP contribution >= 0.6 is 0 Å². The monoisotopic (exact) mass is 475 g/mol. The third-order valence-electron chi connectivity index (χ3n) is 7.03. The Kier molecular flexibility index (Phi) is 8.40. The number of carbonyl (C=O) groups is 1. The molecule has 2 N–H and O–H groups in total. The third-order valence-corrected chi connectivity index (χ3v) is 7.03. The SMILES string of the molecule is CC/C(=C\c1ccccc1)[C@@H]1C[C@H]1N[C@H]1CC[C@H](NCc2ccc(C(=O)OC(C)(C)C)nc2)CC1. The van der Waals surface area contributed by atoms with Gasteiger partial charge in [-0.1, -0.05) is 55.0 Å². The van der Waals surface area contributed by atoms with Gasteiger partial charge in [-0.15, -0.1) is 0 Å². The maximum Gasteiger partial charge on any atom is 0.357 e. The Labute approximate surface area is 210 Å². The molecule has 1 aromatic carbocycles. The molecule has 2 aliphatic rings. The van der Waals surface area contributed by atoms with Crippen LogP contribution in [0.3, 0.4) is 0 Å². The van der Waals surface area contributed by atoms with Crippen LogP contribution in [-0.2, 0) is 11.3 Å². The predicted molar refractivity (Wildman–Crippen MR) is 142 cm³/mol. The molecule has 5 nitrogen and oxygen atoms in total. The Morgan fingerprint density at radius 3 is 2.40 bits per heavy atom. The van der Waals surface area contributed by atoms with Crippen LogP contribution in [0.25, 0.3) is 6.08 Å². The maximum absolute atomic E-state index is 12.1. The van der Waals surface area contributed by atoms with E-state index in [1.54, 1.807) is 17.8 Å². The van der Waals surface area contributed by atoms with E-state index in [9.17, 15) is 4.79 Å². The van der Waals surface area contributed by atoms with Crippen LogP contribution in [0.2, 0.25) is 0 Å². The van der Waals surface area contributed by atoms with Gasteiger partial charge in [0.25, 0.3) is 0 Å². The lowest BCUT2D eigenvalue weighted by molar-refractivity contribution is 0.00628. The lowest BCUT2D eigenvalue weighted by Gasteiger charge is -2.30. The number of esters is 1. The smallest absolute Gasteiger partial charge is 0.357 e. The van der Waals surface area contributed by atoms with Gasteiger partial charge < -0.3 is 15.4 Å². The highest BCUT2D eigenvalue weighted by molar-refractivity contribution is 5.87. The summed E-state index contributed by atoms with van der Waals surface area (Å²) in [5.74, 6) is 0.328. The van der Waals surface area contributed by atoms with E-state index < -0.39 is 5.60 Å². The van der Waals surface area contributed by atoms with Crippen molar-refractivity contribution in [1.29, 1.82) is 0 Å². The molecule has 0 saturated heterocycles. The molecule has 35 heavy (non-hydrogen) atoms. The van der Waals surface area contributed by atoms with Crippen molar-refractivity contribution in [2.24, 2.45) is 5.92 Å². The fourth-order valence-corrected chi connectivity index (χ4v) is 5.03. The number of rotatable bonds is 9. The molecule has 1 heterocycles. The largest absolute Gasteiger partial charge is 0.455 e. The summed E-state index contributed by atoms with van der Waals surface area (Å²) < 4.78 is 5.39. The van der Waals surface area contributed by atoms with Crippen molar-refractivity contribution in [2.45, 2.75) is 96.5 Å². The van der Waals surface area contributed by atoms with E-state index in [0.717, 1.165) is 18.5 Å². The van der Waals surface area contributed by atoms with Crippen LogP contribution in [0.4, 0.5) is 0 Å². The van der Waals surface area contributed by atoms with Crippen molar-refractivity contribution in [3.8, 4) is 0 Å². The van der Waals surface area contributed by atoms with Crippen molar-refractivity contribution < 1.29 is 9.53 Å². The minimum absolute atomic E-state index is 0.360. The van der Waals surface area contributed by atoms with E-state index in [4.69, 9.17) is 4.74 Å². The molecule has 0 unspecified atom stereocenters. The first kappa shape index (κ1) is 25.6. The molecule has 0 aliphatic heterocycles. The first-order chi connectivity index (χ1) is 16.8. The van der Waals surface area contributed by atoms with E-state index in [1.165, 1.54) is 37.7 Å². The summed E-state index contributed by atoms with van der Waals surface area (Å²) in [6.45, 7) is 8.65. The molecule has 2 saturated carbocycles. The standard InChI is InChI=1S/C30H41N3O2/c1-5-23(17-21-9-7-6-8-10-21)26-18-28(26)33-25-14-12-24(13-15-25)31-19-22-11-16-27(32-20-22)29(34)35-30(2,3)4/h6-11,16-17,20,24-26,28,31,33H,5,12-15,18-19H2,1-4H3/b23-17+/t24-,25-,26-,28+/m0/s1. The van der Waals surface area contributed by atoms with E-state index in [0.29, 0.717) is 29.7 Å². The molecule has 0 amide bonds. The van der Waals surface area contributed by atoms with E-state index >= 15 is 0 Å². The molecule has 0 spiro atoms. The molecular weight excluding hydrogens is 434 g/mol. The number of carbonyl (C=O) groups excluding carboxylic acids is 1. The Hall–Kier alpha value is -2.50. The average molecular weight is 476 g/mol. The minimum Gasteiger partial charge on any atom is -0.455 e. The van der Waals surface area contributed by atoms with Gasteiger partial charge in [0, 0.05) is 30.9 Å². The summed E-state index contributed by atoms with van der Waals surface area (Å²) >= 11 is 0. The Morgan fingerprint density at radius 1 is 1.06 bits per heavy atom. The average Bonchev–Trinajstić information content (AvgIpc) is 3.61. The normalized spacial score (nSPS) is 24.7. The second kappa shape index (κ2) is 11.5. The summed E-state index contributed by atoms with van der Waals surface area (Å²) in [5, 5.41) is 7.63. The van der Waals surface area contributed by atoms with Gasteiger partial charge in [0.15, 0.2) is 0 Å². The second-order valence-electron chi connectivity index (χ2n) is 11.1. The zero-order chi connectivity index (χ0) is 24.8. The number of ether oxygens (including phenoxy) is 1. The van der Waals surface area contributed by atoms with E-state index in [-0.39, 0.29) is 5.97 Å². The highest BCUT2D eigenvalue weighted by atomic mass is 16.6. The molecule has 2 atom stereocenters. The van der Waals surface area contributed by atoms with Gasteiger partial charge in [-0.3, -0.25) is 0 Å². The van der Waals surface area contributed by atoms with Crippen molar-refractivity contribution >= 4 is 12.0 Å². The topological polar surface area (TPSA) is 63.2 Å².